The van der Waals surface area contributed by atoms with Crippen LogP contribution in [0.25, 0.3) is 0 Å². The van der Waals surface area contributed by atoms with E-state index in [-0.39, 0.29) is 54.0 Å². The number of anilines is 1. The molecule has 5 N–H and O–H groups in total. The Kier molecular flexibility index (Phi) is 11.3. The van der Waals surface area contributed by atoms with E-state index in [9.17, 15) is 19.2 Å². The van der Waals surface area contributed by atoms with Gasteiger partial charge in [-0.25, -0.2) is 5.48 Å². The van der Waals surface area contributed by atoms with Gasteiger partial charge in [-0.2, -0.15) is 0 Å². The third-order valence-electron chi connectivity index (χ3n) is 7.90. The Labute approximate surface area is 232 Å². The van der Waals surface area contributed by atoms with Gasteiger partial charge in [-0.3, -0.25) is 24.4 Å². The van der Waals surface area contributed by atoms with Gasteiger partial charge in [0.05, 0.1) is 0 Å². The van der Waals surface area contributed by atoms with Gasteiger partial charge in [-0.15, -0.1) is 0 Å². The number of hydrogen-bond acceptors (Lipinski definition) is 5. The van der Waals surface area contributed by atoms with Crippen LogP contribution in [0, 0.1) is 11.3 Å². The molecule has 0 aliphatic heterocycles. The average Bonchev–Trinajstić information content (AvgIpc) is 3.37. The lowest BCUT2D eigenvalue weighted by Gasteiger charge is -2.27. The van der Waals surface area contributed by atoms with Crippen molar-refractivity contribution in [2.75, 3.05) is 5.32 Å². The number of hydroxylamine groups is 1. The van der Waals surface area contributed by atoms with Gasteiger partial charge in [0.25, 0.3) is 0 Å². The van der Waals surface area contributed by atoms with E-state index in [1.807, 2.05) is 20.8 Å². The Morgan fingerprint density at radius 1 is 0.846 bits per heavy atom. The lowest BCUT2D eigenvalue weighted by atomic mass is 9.79. The number of amides is 4. The second-order valence-electron chi connectivity index (χ2n) is 12.3. The molecule has 1 aromatic carbocycles. The Balaban J connectivity index is 1.63. The molecular weight excluding hydrogens is 496 g/mol. The zero-order chi connectivity index (χ0) is 28.4. The number of nitrogens with one attached hydrogen (secondary N) is 4. The van der Waals surface area contributed by atoms with E-state index < -0.39 is 11.8 Å². The molecule has 0 aromatic heterocycles. The van der Waals surface area contributed by atoms with Gasteiger partial charge in [-0.1, -0.05) is 65.0 Å². The second-order valence-corrected chi connectivity index (χ2v) is 12.3. The normalized spacial score (nSPS) is 18.2. The predicted molar refractivity (Wildman–Crippen MR) is 150 cm³/mol. The molecular formula is C30H46N4O5. The number of benzene rings is 1. The van der Waals surface area contributed by atoms with Crippen molar-refractivity contribution in [1.82, 2.24) is 16.1 Å². The monoisotopic (exact) mass is 542 g/mol. The molecule has 2 saturated carbocycles. The van der Waals surface area contributed by atoms with E-state index in [0.717, 1.165) is 51.4 Å². The summed E-state index contributed by atoms with van der Waals surface area (Å²) in [5, 5.41) is 17.9. The standard InChI is InChI=1S/C30H46N4O5/c1-20(17-25(35)34-39)18-30(2,3)19-26(36)31-24-15-13-21(14-16-24)27(29(38)33-23-11-7-8-12-23)28(37)32-22-9-5-4-6-10-22/h13-16,20,22-23,27,39H,4-12,17-19H2,1-3H3,(H,31,36)(H,32,37)(H,33,38)(H,34,35). The minimum Gasteiger partial charge on any atom is -0.352 e. The fourth-order valence-corrected chi connectivity index (χ4v) is 6.16. The molecule has 2 unspecified atom stereocenters. The highest BCUT2D eigenvalue weighted by atomic mass is 16.5. The van der Waals surface area contributed by atoms with Crippen LogP contribution in [-0.2, 0) is 19.2 Å². The van der Waals surface area contributed by atoms with Gasteiger partial charge in [-0.05, 0) is 61.1 Å². The van der Waals surface area contributed by atoms with Crippen molar-refractivity contribution in [3.8, 4) is 0 Å². The molecule has 2 atom stereocenters. The Bertz CT molecular complexity index is 982. The minimum absolute atomic E-state index is 0.00584. The molecule has 9 nitrogen and oxygen atoms in total. The smallest absolute Gasteiger partial charge is 0.243 e. The Hall–Kier alpha value is -2.94. The molecule has 39 heavy (non-hydrogen) atoms. The molecule has 2 fully saturated rings. The summed E-state index contributed by atoms with van der Waals surface area (Å²) >= 11 is 0. The fourth-order valence-electron chi connectivity index (χ4n) is 6.16. The number of hydrogen-bond donors (Lipinski definition) is 5. The first-order valence-corrected chi connectivity index (χ1v) is 14.5. The van der Waals surface area contributed by atoms with Crippen molar-refractivity contribution >= 4 is 29.3 Å². The van der Waals surface area contributed by atoms with Crippen molar-refractivity contribution in [2.45, 2.75) is 116 Å². The maximum atomic E-state index is 13.3. The summed E-state index contributed by atoms with van der Waals surface area (Å²) in [5.74, 6) is -2.06. The summed E-state index contributed by atoms with van der Waals surface area (Å²) in [6.45, 7) is 5.86. The molecule has 2 aliphatic rings. The zero-order valence-electron chi connectivity index (χ0n) is 23.7. The maximum absolute atomic E-state index is 13.3. The molecule has 0 saturated heterocycles. The van der Waals surface area contributed by atoms with E-state index in [1.165, 1.54) is 6.42 Å². The van der Waals surface area contributed by atoms with Crippen molar-refractivity contribution in [3.05, 3.63) is 29.8 Å². The van der Waals surface area contributed by atoms with Gasteiger partial charge in [0.1, 0.15) is 5.92 Å². The number of carbonyl (C=O) groups excluding carboxylic acids is 4. The topological polar surface area (TPSA) is 137 Å². The van der Waals surface area contributed by atoms with Gasteiger partial charge >= 0.3 is 0 Å². The molecule has 0 spiro atoms. The molecule has 3 rings (SSSR count). The first kappa shape index (κ1) is 30.6. The van der Waals surface area contributed by atoms with Crippen LogP contribution < -0.4 is 21.4 Å². The van der Waals surface area contributed by atoms with Crippen LogP contribution in [0.15, 0.2) is 24.3 Å². The lowest BCUT2D eigenvalue weighted by molar-refractivity contribution is -0.133. The summed E-state index contributed by atoms with van der Waals surface area (Å²) in [6.07, 6.45) is 10.4. The van der Waals surface area contributed by atoms with E-state index in [2.05, 4.69) is 16.0 Å². The van der Waals surface area contributed by atoms with Crippen LogP contribution >= 0.6 is 0 Å². The predicted octanol–water partition coefficient (Wildman–Crippen LogP) is 4.55. The summed E-state index contributed by atoms with van der Waals surface area (Å²) in [7, 11) is 0. The quantitative estimate of drug-likeness (QED) is 0.150. The van der Waals surface area contributed by atoms with Crippen LogP contribution in [0.5, 0.6) is 0 Å². The van der Waals surface area contributed by atoms with Crippen LogP contribution in [0.3, 0.4) is 0 Å². The Morgan fingerprint density at radius 3 is 1.87 bits per heavy atom. The average molecular weight is 543 g/mol. The van der Waals surface area contributed by atoms with Crippen molar-refractivity contribution in [2.24, 2.45) is 11.3 Å². The molecule has 216 valence electrons. The van der Waals surface area contributed by atoms with Crippen molar-refractivity contribution < 1.29 is 24.4 Å². The molecule has 0 heterocycles. The summed E-state index contributed by atoms with van der Waals surface area (Å²) in [4.78, 5) is 50.8. The highest BCUT2D eigenvalue weighted by Crippen LogP contribution is 2.31. The maximum Gasteiger partial charge on any atom is 0.243 e. The van der Waals surface area contributed by atoms with E-state index in [4.69, 9.17) is 5.21 Å². The first-order chi connectivity index (χ1) is 18.6. The van der Waals surface area contributed by atoms with Crippen LogP contribution in [0.1, 0.15) is 109 Å². The zero-order valence-corrected chi connectivity index (χ0v) is 23.7. The highest BCUT2D eigenvalue weighted by Gasteiger charge is 2.32. The number of carbonyl (C=O) groups is 4. The molecule has 9 heteroatoms. The van der Waals surface area contributed by atoms with E-state index in [0.29, 0.717) is 17.7 Å². The third kappa shape index (κ3) is 9.95. The van der Waals surface area contributed by atoms with Gasteiger partial charge in [0, 0.05) is 30.6 Å². The van der Waals surface area contributed by atoms with Gasteiger partial charge < -0.3 is 16.0 Å². The summed E-state index contributed by atoms with van der Waals surface area (Å²) < 4.78 is 0. The molecule has 1 aromatic rings. The molecule has 4 amide bonds. The second kappa shape index (κ2) is 14.4. The Morgan fingerprint density at radius 2 is 1.36 bits per heavy atom. The molecule has 0 bridgehead atoms. The lowest BCUT2D eigenvalue weighted by Crippen LogP contribution is -2.46. The van der Waals surface area contributed by atoms with Gasteiger partial charge in [0.2, 0.25) is 23.6 Å². The van der Waals surface area contributed by atoms with Crippen LogP contribution in [0.4, 0.5) is 5.69 Å². The van der Waals surface area contributed by atoms with E-state index in [1.54, 1.807) is 29.7 Å². The SMILES string of the molecule is CC(CC(=O)NO)CC(C)(C)CC(=O)Nc1ccc(C(C(=O)NC2CCCCC2)C(=O)NC2CCCC2)cc1. The minimum atomic E-state index is -0.936. The van der Waals surface area contributed by atoms with Gasteiger partial charge in [0.15, 0.2) is 0 Å². The summed E-state index contributed by atoms with van der Waals surface area (Å²) in [5.41, 5.74) is 2.50. The number of rotatable bonds is 12. The largest absolute Gasteiger partial charge is 0.352 e. The third-order valence-corrected chi connectivity index (χ3v) is 7.90. The van der Waals surface area contributed by atoms with Crippen molar-refractivity contribution in [3.63, 3.8) is 0 Å². The first-order valence-electron chi connectivity index (χ1n) is 14.5. The molecule has 2 aliphatic carbocycles. The van der Waals surface area contributed by atoms with Crippen LogP contribution in [-0.4, -0.2) is 40.9 Å². The van der Waals surface area contributed by atoms with Crippen LogP contribution in [0.2, 0.25) is 0 Å². The summed E-state index contributed by atoms with van der Waals surface area (Å²) in [6, 6.07) is 7.18. The molecule has 0 radical (unpaired) electrons. The fraction of sp³-hybridized carbons (Fsp3) is 0.667. The highest BCUT2D eigenvalue weighted by molar-refractivity contribution is 6.06. The van der Waals surface area contributed by atoms with E-state index >= 15 is 0 Å². The van der Waals surface area contributed by atoms with Crippen molar-refractivity contribution in [1.29, 1.82) is 0 Å².